The molecule has 0 unspecified atom stereocenters. The lowest BCUT2D eigenvalue weighted by molar-refractivity contribution is 0.0964. The molecule has 1 aliphatic heterocycles. The van der Waals surface area contributed by atoms with Crippen LogP contribution in [0.3, 0.4) is 0 Å². The van der Waals surface area contributed by atoms with Crippen molar-refractivity contribution in [2.24, 2.45) is 0 Å². The Hall–Kier alpha value is -5.23. The van der Waals surface area contributed by atoms with Crippen LogP contribution in [0.15, 0.2) is 77.2 Å². The maximum atomic E-state index is 15.1. The molecule has 1 spiro atoms. The fraction of sp³-hybridized carbons (Fsp3) is 0.200. The number of halogens is 2. The molecule has 3 aromatic carbocycles. The molecule has 12 heteroatoms. The van der Waals surface area contributed by atoms with E-state index in [1.807, 2.05) is 18.2 Å². The lowest BCUT2D eigenvalue weighted by Gasteiger charge is -2.48. The first-order valence-corrected chi connectivity index (χ1v) is 17.0. The van der Waals surface area contributed by atoms with Gasteiger partial charge in [0.2, 0.25) is 10.0 Å². The smallest absolute Gasteiger partial charge is 0.255 e. The fourth-order valence-corrected chi connectivity index (χ4v) is 7.34. The minimum Gasteiger partial charge on any atom is -0.455 e. The second-order valence-electron chi connectivity index (χ2n) is 12.1. The predicted octanol–water partition coefficient (Wildman–Crippen LogP) is 7.08. The zero-order valence-corrected chi connectivity index (χ0v) is 26.5. The molecule has 0 radical (unpaired) electrons. The molecule has 0 saturated heterocycles. The minimum atomic E-state index is -3.75. The van der Waals surface area contributed by atoms with Gasteiger partial charge in [-0.1, -0.05) is 6.07 Å². The van der Waals surface area contributed by atoms with Crippen molar-refractivity contribution in [2.45, 2.75) is 24.9 Å². The van der Waals surface area contributed by atoms with Gasteiger partial charge in [0.05, 0.1) is 40.1 Å². The number of fused-ring (bicyclic) bond motifs is 7. The lowest BCUT2D eigenvalue weighted by atomic mass is 9.82. The van der Waals surface area contributed by atoms with Crippen molar-refractivity contribution in [2.75, 3.05) is 30.0 Å². The van der Waals surface area contributed by atoms with Crippen LogP contribution in [-0.4, -0.2) is 44.2 Å². The molecule has 1 fully saturated rings. The summed E-state index contributed by atoms with van der Waals surface area (Å²) in [5.74, 6) is -0.982. The van der Waals surface area contributed by atoms with E-state index in [0.29, 0.717) is 33.3 Å². The average Bonchev–Trinajstić information content (AvgIpc) is 3.62. The Morgan fingerprint density at radius 3 is 2.49 bits per heavy atom. The SMILES string of the molecule is CNC(=O)c1c(-c2ccc(F)cc2)oc2cc(N(C)S(C)(=O)=O)c(-c3ccc4c(n3)-c3cc5c(F)cccc5n3C3(CCC3)N4)cc12. The van der Waals surface area contributed by atoms with E-state index in [-0.39, 0.29) is 28.4 Å². The van der Waals surface area contributed by atoms with Crippen molar-refractivity contribution >= 4 is 49.2 Å². The quantitative estimate of drug-likeness (QED) is 0.206. The average molecular weight is 654 g/mol. The normalized spacial score (nSPS) is 14.8. The maximum Gasteiger partial charge on any atom is 0.255 e. The van der Waals surface area contributed by atoms with Gasteiger partial charge < -0.3 is 19.6 Å². The first-order valence-electron chi connectivity index (χ1n) is 15.1. The van der Waals surface area contributed by atoms with Gasteiger partial charge in [0.1, 0.15) is 34.3 Å². The number of nitrogens with zero attached hydrogens (tertiary/aromatic N) is 3. The molecule has 47 heavy (non-hydrogen) atoms. The highest BCUT2D eigenvalue weighted by atomic mass is 32.2. The summed E-state index contributed by atoms with van der Waals surface area (Å²) < 4.78 is 64.1. The Balaban J connectivity index is 1.39. The van der Waals surface area contributed by atoms with E-state index in [1.165, 1.54) is 44.4 Å². The largest absolute Gasteiger partial charge is 0.455 e. The van der Waals surface area contributed by atoms with Gasteiger partial charge >= 0.3 is 0 Å². The van der Waals surface area contributed by atoms with Crippen molar-refractivity contribution in [3.8, 4) is 34.0 Å². The number of hydrogen-bond acceptors (Lipinski definition) is 6. The van der Waals surface area contributed by atoms with Gasteiger partial charge in [-0.05, 0) is 79.9 Å². The van der Waals surface area contributed by atoms with Crippen LogP contribution in [0.5, 0.6) is 0 Å². The van der Waals surface area contributed by atoms with Crippen LogP contribution in [0, 0.1) is 11.6 Å². The summed E-state index contributed by atoms with van der Waals surface area (Å²) >= 11 is 0. The second-order valence-corrected chi connectivity index (χ2v) is 14.1. The number of furan rings is 1. The zero-order valence-electron chi connectivity index (χ0n) is 25.7. The number of carbonyl (C=O) groups excluding carboxylic acids is 1. The third-order valence-corrected chi connectivity index (χ3v) is 10.6. The molecule has 1 aliphatic carbocycles. The zero-order chi connectivity index (χ0) is 32.8. The van der Waals surface area contributed by atoms with Crippen molar-refractivity contribution in [3.05, 3.63) is 90.0 Å². The Labute approximate surface area is 268 Å². The number of hydrogen-bond donors (Lipinski definition) is 2. The molecule has 0 bridgehead atoms. The summed E-state index contributed by atoms with van der Waals surface area (Å²) in [5, 5.41) is 7.24. The van der Waals surface area contributed by atoms with E-state index in [4.69, 9.17) is 9.40 Å². The van der Waals surface area contributed by atoms with Crippen molar-refractivity contribution in [1.29, 1.82) is 0 Å². The number of benzene rings is 3. The number of rotatable bonds is 5. The van der Waals surface area contributed by atoms with Crippen LogP contribution in [0.2, 0.25) is 0 Å². The fourth-order valence-electron chi connectivity index (χ4n) is 6.83. The van der Waals surface area contributed by atoms with E-state index in [1.54, 1.807) is 24.3 Å². The molecule has 3 aromatic heterocycles. The van der Waals surface area contributed by atoms with E-state index in [2.05, 4.69) is 15.2 Å². The van der Waals surface area contributed by atoms with Gasteiger partial charge in [-0.2, -0.15) is 0 Å². The molecule has 8 rings (SSSR count). The number of sulfonamides is 1. The number of amides is 1. The van der Waals surface area contributed by atoms with Crippen molar-refractivity contribution in [1.82, 2.24) is 14.9 Å². The van der Waals surface area contributed by atoms with Gasteiger partial charge in [-0.3, -0.25) is 9.10 Å². The van der Waals surface area contributed by atoms with E-state index < -0.39 is 27.4 Å². The molecule has 4 heterocycles. The van der Waals surface area contributed by atoms with Gasteiger partial charge in [0.15, 0.2) is 0 Å². The van der Waals surface area contributed by atoms with Crippen LogP contribution in [0.25, 0.3) is 55.8 Å². The summed E-state index contributed by atoms with van der Waals surface area (Å²) in [6.07, 6.45) is 3.88. The number of anilines is 2. The predicted molar refractivity (Wildman–Crippen MR) is 178 cm³/mol. The van der Waals surface area contributed by atoms with Crippen LogP contribution < -0.4 is 14.9 Å². The first kappa shape index (κ1) is 29.2. The molecular weight excluding hydrogens is 624 g/mol. The van der Waals surface area contributed by atoms with Gasteiger partial charge in [0, 0.05) is 42.1 Å². The highest BCUT2D eigenvalue weighted by Crippen LogP contribution is 2.51. The molecule has 2 N–H and O–H groups in total. The number of aromatic nitrogens is 2. The van der Waals surface area contributed by atoms with Gasteiger partial charge in [-0.25, -0.2) is 22.2 Å². The number of pyridine rings is 1. The Morgan fingerprint density at radius 1 is 1.04 bits per heavy atom. The molecular formula is C35H29F2N5O4S. The van der Waals surface area contributed by atoms with Gasteiger partial charge in [-0.15, -0.1) is 0 Å². The summed E-state index contributed by atoms with van der Waals surface area (Å²) in [5.41, 5.74) is 4.62. The highest BCUT2D eigenvalue weighted by Gasteiger charge is 2.45. The molecule has 0 atom stereocenters. The summed E-state index contributed by atoms with van der Waals surface area (Å²) in [6.45, 7) is 0. The molecule has 1 saturated carbocycles. The van der Waals surface area contributed by atoms with Crippen LogP contribution in [0.1, 0.15) is 29.6 Å². The third-order valence-electron chi connectivity index (χ3n) is 9.39. The first-order chi connectivity index (χ1) is 22.5. The molecule has 2 aliphatic rings. The van der Waals surface area contributed by atoms with E-state index >= 15 is 4.39 Å². The summed E-state index contributed by atoms with van der Waals surface area (Å²) in [4.78, 5) is 18.4. The van der Waals surface area contributed by atoms with Crippen molar-refractivity contribution < 1.29 is 26.4 Å². The summed E-state index contributed by atoms with van der Waals surface area (Å²) in [7, 11) is -0.819. The molecule has 1 amide bonds. The Bertz CT molecular complexity index is 2400. The maximum absolute atomic E-state index is 15.1. The Kier molecular flexibility index (Phi) is 6.29. The minimum absolute atomic E-state index is 0.212. The monoisotopic (exact) mass is 653 g/mol. The number of nitrogens with one attached hydrogen (secondary N) is 2. The van der Waals surface area contributed by atoms with Crippen molar-refractivity contribution in [3.63, 3.8) is 0 Å². The lowest BCUT2D eigenvalue weighted by Crippen LogP contribution is -2.49. The van der Waals surface area contributed by atoms with Crippen LogP contribution in [0.4, 0.5) is 20.2 Å². The van der Waals surface area contributed by atoms with Crippen LogP contribution >= 0.6 is 0 Å². The summed E-state index contributed by atoms with van der Waals surface area (Å²) in [6, 6.07) is 19.4. The topological polar surface area (TPSA) is 109 Å². The second kappa shape index (κ2) is 10.1. The molecule has 238 valence electrons. The number of carbonyl (C=O) groups is 1. The Morgan fingerprint density at radius 2 is 1.81 bits per heavy atom. The third kappa shape index (κ3) is 4.34. The van der Waals surface area contributed by atoms with E-state index in [9.17, 15) is 17.6 Å². The highest BCUT2D eigenvalue weighted by molar-refractivity contribution is 7.92. The molecule has 6 aromatic rings. The van der Waals surface area contributed by atoms with E-state index in [0.717, 1.165) is 46.7 Å². The van der Waals surface area contributed by atoms with Gasteiger partial charge in [0.25, 0.3) is 5.91 Å². The molecule has 9 nitrogen and oxygen atoms in total. The standard InChI is InChI=1S/C35H29F2N5O4S/c1-38-34(43)31-23-16-22(28(41(2)47(3,44)45)18-30(23)46-33(31)19-8-10-20(36)11-9-19)25-12-13-26-32(39-25)29-17-21-24(37)6-4-7-27(21)42(29)35(40-26)14-5-15-35/h4,6-13,16-18,40H,5,14-15H2,1-3H3,(H,38,43). The van der Waals surface area contributed by atoms with Crippen LogP contribution in [-0.2, 0) is 15.7 Å².